The van der Waals surface area contributed by atoms with E-state index in [1.54, 1.807) is 23.1 Å². The number of hydrogen-bond acceptors (Lipinski definition) is 3. The number of aryl methyl sites for hydroxylation is 1. The summed E-state index contributed by atoms with van der Waals surface area (Å²) in [5.74, 6) is -0.303. The highest BCUT2D eigenvalue weighted by Crippen LogP contribution is 2.29. The number of likely N-dealkylation sites (tertiary alicyclic amines) is 1. The minimum absolute atomic E-state index is 0.00666. The second kappa shape index (κ2) is 7.28. The van der Waals surface area contributed by atoms with E-state index >= 15 is 0 Å². The summed E-state index contributed by atoms with van der Waals surface area (Å²) in [6.45, 7) is 1.55. The molecule has 1 atom stereocenters. The molecule has 4 rings (SSSR count). The van der Waals surface area contributed by atoms with Crippen molar-refractivity contribution < 1.29 is 9.59 Å². The van der Waals surface area contributed by atoms with Gasteiger partial charge in [-0.25, -0.2) is 4.98 Å². The molecule has 1 N–H and O–H groups in total. The maximum atomic E-state index is 12.7. The van der Waals surface area contributed by atoms with Gasteiger partial charge in [-0.05, 0) is 55.4 Å². The maximum absolute atomic E-state index is 12.7. The molecule has 1 saturated heterocycles. The number of pyridine rings is 1. The summed E-state index contributed by atoms with van der Waals surface area (Å²) in [4.78, 5) is 31.4. The Bertz CT molecular complexity index is 828. The summed E-state index contributed by atoms with van der Waals surface area (Å²) in [6.07, 6.45) is 5.11. The van der Waals surface area contributed by atoms with Crippen molar-refractivity contribution in [3.63, 3.8) is 0 Å². The molecule has 5 nitrogen and oxygen atoms in total. The van der Waals surface area contributed by atoms with Crippen LogP contribution in [0.1, 0.15) is 63.8 Å². The monoisotopic (exact) mass is 349 g/mol. The highest BCUT2D eigenvalue weighted by atomic mass is 16.2. The summed E-state index contributed by atoms with van der Waals surface area (Å²) in [6, 6.07) is 13.4. The van der Waals surface area contributed by atoms with Crippen LogP contribution in [0.15, 0.2) is 42.5 Å². The molecule has 1 aliphatic carbocycles. The molecule has 0 spiro atoms. The van der Waals surface area contributed by atoms with Crippen LogP contribution in [0.5, 0.6) is 0 Å². The SMILES string of the molecule is O=C(NC1CCCc2ccccc21)c1cccc(C(=O)N2CCCC2)n1. The zero-order chi connectivity index (χ0) is 17.9. The molecule has 2 aromatic rings. The molecule has 26 heavy (non-hydrogen) atoms. The van der Waals surface area contributed by atoms with Crippen molar-refractivity contribution in [3.8, 4) is 0 Å². The van der Waals surface area contributed by atoms with Crippen LogP contribution in [-0.2, 0) is 6.42 Å². The Labute approximate surface area is 153 Å². The van der Waals surface area contributed by atoms with Crippen molar-refractivity contribution in [1.29, 1.82) is 0 Å². The van der Waals surface area contributed by atoms with Crippen LogP contribution < -0.4 is 5.32 Å². The topological polar surface area (TPSA) is 62.3 Å². The summed E-state index contributed by atoms with van der Waals surface area (Å²) >= 11 is 0. The van der Waals surface area contributed by atoms with Gasteiger partial charge in [0.2, 0.25) is 0 Å². The predicted octanol–water partition coefficient (Wildman–Crippen LogP) is 3.13. The molecule has 1 aliphatic heterocycles. The van der Waals surface area contributed by atoms with E-state index < -0.39 is 0 Å². The minimum atomic E-state index is -0.220. The van der Waals surface area contributed by atoms with E-state index in [4.69, 9.17) is 0 Å². The number of carbonyl (C=O) groups excluding carboxylic acids is 2. The van der Waals surface area contributed by atoms with Gasteiger partial charge in [0, 0.05) is 13.1 Å². The zero-order valence-corrected chi connectivity index (χ0v) is 14.8. The van der Waals surface area contributed by atoms with Crippen LogP contribution in [0.25, 0.3) is 0 Å². The van der Waals surface area contributed by atoms with Gasteiger partial charge < -0.3 is 10.2 Å². The number of fused-ring (bicyclic) bond motifs is 1. The standard InChI is InChI=1S/C21H23N3O2/c25-20(23-17-10-5-8-15-7-1-2-9-16(15)17)18-11-6-12-19(22-18)21(26)24-13-3-4-14-24/h1-2,6-7,9,11-12,17H,3-5,8,10,13-14H2,(H,23,25). The first kappa shape index (κ1) is 16.8. The molecule has 1 fully saturated rings. The molecule has 2 aliphatic rings. The quantitative estimate of drug-likeness (QED) is 0.926. The molecule has 2 amide bonds. The van der Waals surface area contributed by atoms with Gasteiger partial charge in [0.05, 0.1) is 6.04 Å². The summed E-state index contributed by atoms with van der Waals surface area (Å²) in [7, 11) is 0. The van der Waals surface area contributed by atoms with E-state index in [0.717, 1.165) is 45.2 Å². The molecule has 134 valence electrons. The fourth-order valence-electron chi connectivity index (χ4n) is 3.90. The van der Waals surface area contributed by atoms with E-state index in [9.17, 15) is 9.59 Å². The van der Waals surface area contributed by atoms with Crippen LogP contribution in [0, 0.1) is 0 Å². The van der Waals surface area contributed by atoms with Gasteiger partial charge in [-0.2, -0.15) is 0 Å². The smallest absolute Gasteiger partial charge is 0.272 e. The Balaban J connectivity index is 1.51. The number of hydrogen-bond donors (Lipinski definition) is 1. The van der Waals surface area contributed by atoms with Gasteiger partial charge in [-0.15, -0.1) is 0 Å². The fraction of sp³-hybridized carbons (Fsp3) is 0.381. The van der Waals surface area contributed by atoms with E-state index in [1.165, 1.54) is 11.1 Å². The van der Waals surface area contributed by atoms with Crippen molar-refractivity contribution >= 4 is 11.8 Å². The van der Waals surface area contributed by atoms with Gasteiger partial charge in [-0.1, -0.05) is 30.3 Å². The number of nitrogens with zero attached hydrogens (tertiary/aromatic N) is 2. The molecular formula is C21H23N3O2. The van der Waals surface area contributed by atoms with E-state index in [2.05, 4.69) is 22.4 Å². The molecule has 0 saturated carbocycles. The van der Waals surface area contributed by atoms with E-state index in [-0.39, 0.29) is 17.9 Å². The Morgan fingerprint density at radius 3 is 2.58 bits per heavy atom. The van der Waals surface area contributed by atoms with Crippen molar-refractivity contribution in [2.24, 2.45) is 0 Å². The zero-order valence-electron chi connectivity index (χ0n) is 14.8. The van der Waals surface area contributed by atoms with Crippen LogP contribution in [0.2, 0.25) is 0 Å². The van der Waals surface area contributed by atoms with Gasteiger partial charge in [0.25, 0.3) is 11.8 Å². The number of nitrogens with one attached hydrogen (secondary N) is 1. The number of benzene rings is 1. The van der Waals surface area contributed by atoms with Gasteiger partial charge >= 0.3 is 0 Å². The molecular weight excluding hydrogens is 326 g/mol. The molecule has 1 unspecified atom stereocenters. The highest BCUT2D eigenvalue weighted by molar-refractivity contribution is 5.96. The van der Waals surface area contributed by atoms with Crippen molar-refractivity contribution in [2.75, 3.05) is 13.1 Å². The third-order valence-corrected chi connectivity index (χ3v) is 5.27. The lowest BCUT2D eigenvalue weighted by atomic mass is 9.87. The van der Waals surface area contributed by atoms with Crippen LogP contribution >= 0.6 is 0 Å². The average molecular weight is 349 g/mol. The average Bonchev–Trinajstić information content (AvgIpc) is 3.22. The Hall–Kier alpha value is -2.69. The van der Waals surface area contributed by atoms with Gasteiger partial charge in [0.15, 0.2) is 0 Å². The molecule has 1 aromatic heterocycles. The lowest BCUT2D eigenvalue weighted by molar-refractivity contribution is 0.0787. The van der Waals surface area contributed by atoms with Crippen molar-refractivity contribution in [3.05, 3.63) is 65.0 Å². The van der Waals surface area contributed by atoms with Crippen molar-refractivity contribution in [1.82, 2.24) is 15.2 Å². The summed E-state index contributed by atoms with van der Waals surface area (Å²) < 4.78 is 0. The third kappa shape index (κ3) is 3.34. The predicted molar refractivity (Wildman–Crippen MR) is 99.0 cm³/mol. The number of amides is 2. The second-order valence-electron chi connectivity index (χ2n) is 7.02. The van der Waals surface area contributed by atoms with E-state index in [1.807, 2.05) is 12.1 Å². The number of rotatable bonds is 3. The molecule has 5 heteroatoms. The summed E-state index contributed by atoms with van der Waals surface area (Å²) in [5, 5.41) is 3.10. The molecule has 0 radical (unpaired) electrons. The lowest BCUT2D eigenvalue weighted by Gasteiger charge is -2.26. The summed E-state index contributed by atoms with van der Waals surface area (Å²) in [5.41, 5.74) is 3.15. The van der Waals surface area contributed by atoms with E-state index in [0.29, 0.717) is 11.4 Å². The van der Waals surface area contributed by atoms with Gasteiger partial charge in [-0.3, -0.25) is 9.59 Å². The molecule has 0 bridgehead atoms. The van der Waals surface area contributed by atoms with Crippen molar-refractivity contribution in [2.45, 2.75) is 38.1 Å². The normalized spacial score (nSPS) is 19.1. The van der Waals surface area contributed by atoms with Gasteiger partial charge in [0.1, 0.15) is 11.4 Å². The fourth-order valence-corrected chi connectivity index (χ4v) is 3.90. The third-order valence-electron chi connectivity index (χ3n) is 5.27. The highest BCUT2D eigenvalue weighted by Gasteiger charge is 2.24. The first-order valence-corrected chi connectivity index (χ1v) is 9.37. The van der Waals surface area contributed by atoms with Crippen LogP contribution in [0.3, 0.4) is 0 Å². The molecule has 1 aromatic carbocycles. The molecule has 2 heterocycles. The lowest BCUT2D eigenvalue weighted by Crippen LogP contribution is -2.32. The Morgan fingerprint density at radius 2 is 1.73 bits per heavy atom. The van der Waals surface area contributed by atoms with Crippen LogP contribution in [-0.4, -0.2) is 34.8 Å². The Kier molecular flexibility index (Phi) is 4.69. The second-order valence-corrected chi connectivity index (χ2v) is 7.02. The maximum Gasteiger partial charge on any atom is 0.272 e. The number of aromatic nitrogens is 1. The first-order valence-electron chi connectivity index (χ1n) is 9.37. The number of carbonyl (C=O) groups is 2. The Morgan fingerprint density at radius 1 is 0.962 bits per heavy atom. The largest absolute Gasteiger partial charge is 0.344 e. The van der Waals surface area contributed by atoms with Crippen LogP contribution in [0.4, 0.5) is 0 Å². The first-order chi connectivity index (χ1) is 12.7. The minimum Gasteiger partial charge on any atom is -0.344 e.